The van der Waals surface area contributed by atoms with Gasteiger partial charge in [0.15, 0.2) is 0 Å². The van der Waals surface area contributed by atoms with Crippen molar-refractivity contribution in [3.8, 4) is 5.75 Å². The number of rotatable bonds is 5. The average molecular weight is 326 g/mol. The molecule has 1 aromatic carbocycles. The first-order valence-corrected chi connectivity index (χ1v) is 7.85. The van der Waals surface area contributed by atoms with Crippen LogP contribution < -0.4 is 10.1 Å². The fraction of sp³-hybridized carbons (Fsp3) is 0.562. The predicted octanol–water partition coefficient (Wildman–Crippen LogP) is 1.58. The number of aliphatic hydroxyl groups excluding tert-OH is 1. The molecule has 1 heterocycles. The average Bonchev–Trinajstić information content (AvgIpc) is 3.19. The van der Waals surface area contributed by atoms with E-state index >= 15 is 0 Å². The number of carbonyl (C=O) groups is 1. The SMILES string of the molecule is COc1cccc(Cl)c1[C@@H]1C[C@H]1C(=O)NC[C@@H]1COC[C@@H]1O. The Kier molecular flexibility index (Phi) is 4.57. The molecule has 2 N–H and O–H groups in total. The largest absolute Gasteiger partial charge is 0.496 e. The Morgan fingerprint density at radius 3 is 3.00 bits per heavy atom. The molecule has 1 amide bonds. The van der Waals surface area contributed by atoms with Gasteiger partial charge in [0.25, 0.3) is 0 Å². The van der Waals surface area contributed by atoms with Crippen molar-refractivity contribution in [3.63, 3.8) is 0 Å². The fourth-order valence-corrected chi connectivity index (χ4v) is 3.31. The molecule has 5 nitrogen and oxygen atoms in total. The number of nitrogens with one attached hydrogen (secondary N) is 1. The molecule has 1 saturated carbocycles. The maximum Gasteiger partial charge on any atom is 0.223 e. The zero-order valence-electron chi connectivity index (χ0n) is 12.4. The van der Waals surface area contributed by atoms with E-state index in [2.05, 4.69) is 5.32 Å². The van der Waals surface area contributed by atoms with Crippen molar-refractivity contribution in [2.75, 3.05) is 26.9 Å². The number of benzene rings is 1. The van der Waals surface area contributed by atoms with E-state index in [0.29, 0.717) is 24.8 Å². The van der Waals surface area contributed by atoms with Crippen molar-refractivity contribution < 1.29 is 19.4 Å². The number of aliphatic hydroxyl groups is 1. The summed E-state index contributed by atoms with van der Waals surface area (Å²) in [7, 11) is 1.61. The molecule has 2 aliphatic rings. The lowest BCUT2D eigenvalue weighted by Gasteiger charge is -2.13. The van der Waals surface area contributed by atoms with Crippen LogP contribution in [0.1, 0.15) is 17.9 Å². The van der Waals surface area contributed by atoms with E-state index in [9.17, 15) is 9.90 Å². The van der Waals surface area contributed by atoms with Crippen molar-refractivity contribution in [1.29, 1.82) is 0 Å². The molecule has 0 radical (unpaired) electrons. The number of carbonyl (C=O) groups excluding carboxylic acids is 1. The van der Waals surface area contributed by atoms with E-state index in [-0.39, 0.29) is 23.7 Å². The lowest BCUT2D eigenvalue weighted by Crippen LogP contribution is -2.35. The summed E-state index contributed by atoms with van der Waals surface area (Å²) >= 11 is 6.25. The molecule has 120 valence electrons. The Labute approximate surface area is 134 Å². The molecular formula is C16H20ClNO4. The van der Waals surface area contributed by atoms with E-state index in [1.807, 2.05) is 18.2 Å². The molecule has 0 unspecified atom stereocenters. The first-order valence-electron chi connectivity index (χ1n) is 7.47. The quantitative estimate of drug-likeness (QED) is 0.862. The lowest BCUT2D eigenvalue weighted by atomic mass is 10.1. The van der Waals surface area contributed by atoms with Gasteiger partial charge in [-0.2, -0.15) is 0 Å². The highest BCUT2D eigenvalue weighted by Gasteiger charge is 2.46. The molecule has 1 aliphatic heterocycles. The Balaban J connectivity index is 1.59. The van der Waals surface area contributed by atoms with Gasteiger partial charge in [-0.25, -0.2) is 0 Å². The monoisotopic (exact) mass is 325 g/mol. The Hall–Kier alpha value is -1.30. The van der Waals surface area contributed by atoms with Crippen LogP contribution in [-0.4, -0.2) is 44.0 Å². The molecule has 1 aliphatic carbocycles. The Morgan fingerprint density at radius 1 is 1.50 bits per heavy atom. The molecule has 0 bridgehead atoms. The highest BCUT2D eigenvalue weighted by molar-refractivity contribution is 6.31. The van der Waals surface area contributed by atoms with Crippen molar-refractivity contribution in [3.05, 3.63) is 28.8 Å². The summed E-state index contributed by atoms with van der Waals surface area (Å²) < 4.78 is 10.5. The van der Waals surface area contributed by atoms with Gasteiger partial charge in [0.05, 0.1) is 26.4 Å². The highest BCUT2D eigenvalue weighted by Crippen LogP contribution is 2.52. The van der Waals surface area contributed by atoms with Crippen LogP contribution in [0.3, 0.4) is 0 Å². The summed E-state index contributed by atoms with van der Waals surface area (Å²) in [5, 5.41) is 13.2. The second kappa shape index (κ2) is 6.44. The number of ether oxygens (including phenoxy) is 2. The number of hydrogen-bond acceptors (Lipinski definition) is 4. The lowest BCUT2D eigenvalue weighted by molar-refractivity contribution is -0.122. The van der Waals surface area contributed by atoms with E-state index < -0.39 is 6.10 Å². The summed E-state index contributed by atoms with van der Waals surface area (Å²) in [5.41, 5.74) is 0.913. The summed E-state index contributed by atoms with van der Waals surface area (Å²) in [6.45, 7) is 1.29. The van der Waals surface area contributed by atoms with Crippen LogP contribution in [0.25, 0.3) is 0 Å². The fourth-order valence-electron chi connectivity index (χ4n) is 3.00. The van der Waals surface area contributed by atoms with Crippen LogP contribution in [0.5, 0.6) is 5.75 Å². The van der Waals surface area contributed by atoms with E-state index in [1.165, 1.54) is 0 Å². The summed E-state index contributed by atoms with van der Waals surface area (Å²) in [6, 6.07) is 5.52. The van der Waals surface area contributed by atoms with Crippen LogP contribution in [0.15, 0.2) is 18.2 Å². The molecule has 1 saturated heterocycles. The minimum atomic E-state index is -0.487. The summed E-state index contributed by atoms with van der Waals surface area (Å²) in [4.78, 5) is 12.2. The van der Waals surface area contributed by atoms with Gasteiger partial charge >= 0.3 is 0 Å². The maximum atomic E-state index is 12.2. The summed E-state index contributed by atoms with van der Waals surface area (Å²) in [5.74, 6) is 0.746. The number of methoxy groups -OCH3 is 1. The van der Waals surface area contributed by atoms with Crippen LogP contribution in [0.4, 0.5) is 0 Å². The van der Waals surface area contributed by atoms with Gasteiger partial charge in [-0.15, -0.1) is 0 Å². The molecular weight excluding hydrogens is 306 g/mol. The van der Waals surface area contributed by atoms with Crippen LogP contribution in [-0.2, 0) is 9.53 Å². The topological polar surface area (TPSA) is 67.8 Å². The predicted molar refractivity (Wildman–Crippen MR) is 82.2 cm³/mol. The van der Waals surface area contributed by atoms with Crippen LogP contribution >= 0.6 is 11.6 Å². The van der Waals surface area contributed by atoms with Gasteiger partial charge < -0.3 is 19.9 Å². The van der Waals surface area contributed by atoms with Gasteiger partial charge in [0.2, 0.25) is 5.91 Å². The smallest absolute Gasteiger partial charge is 0.223 e. The second-order valence-corrected chi connectivity index (χ2v) is 6.32. The van der Waals surface area contributed by atoms with Crippen molar-refractivity contribution in [1.82, 2.24) is 5.32 Å². The third kappa shape index (κ3) is 3.07. The number of hydrogen-bond donors (Lipinski definition) is 2. The first kappa shape index (κ1) is 15.6. The molecule has 0 aromatic heterocycles. The van der Waals surface area contributed by atoms with Crippen molar-refractivity contribution in [2.24, 2.45) is 11.8 Å². The van der Waals surface area contributed by atoms with Gasteiger partial charge in [-0.3, -0.25) is 4.79 Å². The molecule has 0 spiro atoms. The third-order valence-electron chi connectivity index (χ3n) is 4.43. The van der Waals surface area contributed by atoms with Crippen molar-refractivity contribution >= 4 is 17.5 Å². The number of halogens is 1. The minimum Gasteiger partial charge on any atom is -0.496 e. The van der Waals surface area contributed by atoms with E-state index in [4.69, 9.17) is 21.1 Å². The highest BCUT2D eigenvalue weighted by atomic mass is 35.5. The maximum absolute atomic E-state index is 12.2. The Morgan fingerprint density at radius 2 is 2.32 bits per heavy atom. The second-order valence-electron chi connectivity index (χ2n) is 5.91. The molecule has 3 rings (SSSR count). The standard InChI is InChI=1S/C16H20ClNO4/c1-21-14-4-2-3-12(17)15(14)10-5-11(10)16(20)18-6-9-7-22-8-13(9)19/h2-4,9-11,13,19H,5-8H2,1H3,(H,18,20)/t9-,10-,11-,13+/m1/s1. The zero-order chi connectivity index (χ0) is 15.7. The van der Waals surface area contributed by atoms with Crippen LogP contribution in [0, 0.1) is 11.8 Å². The van der Waals surface area contributed by atoms with E-state index in [0.717, 1.165) is 17.7 Å². The summed E-state index contributed by atoms with van der Waals surface area (Å²) in [6.07, 6.45) is 0.286. The minimum absolute atomic E-state index is 0.00562. The molecule has 22 heavy (non-hydrogen) atoms. The van der Waals surface area contributed by atoms with Gasteiger partial charge in [0.1, 0.15) is 5.75 Å². The molecule has 1 aromatic rings. The third-order valence-corrected chi connectivity index (χ3v) is 4.76. The van der Waals surface area contributed by atoms with E-state index in [1.54, 1.807) is 7.11 Å². The molecule has 4 atom stereocenters. The van der Waals surface area contributed by atoms with Gasteiger partial charge in [-0.1, -0.05) is 17.7 Å². The molecule has 2 fully saturated rings. The van der Waals surface area contributed by atoms with Gasteiger partial charge in [0, 0.05) is 34.9 Å². The Bertz CT molecular complexity index is 565. The normalized spacial score (nSPS) is 30.1. The van der Waals surface area contributed by atoms with Gasteiger partial charge in [-0.05, 0) is 18.6 Å². The number of amides is 1. The van der Waals surface area contributed by atoms with Crippen LogP contribution in [0.2, 0.25) is 5.02 Å². The first-order chi connectivity index (χ1) is 10.6. The zero-order valence-corrected chi connectivity index (χ0v) is 13.2. The molecule has 6 heteroatoms. The van der Waals surface area contributed by atoms with Crippen molar-refractivity contribution in [2.45, 2.75) is 18.4 Å².